The molecule has 8 heteroatoms. The molecule has 0 aliphatic rings. The van der Waals surface area contributed by atoms with Crippen LogP contribution in [0.2, 0.25) is 0 Å². The zero-order chi connectivity index (χ0) is 21.1. The van der Waals surface area contributed by atoms with Crippen LogP contribution in [0.25, 0.3) is 0 Å². The lowest BCUT2D eigenvalue weighted by atomic mass is 10.1. The van der Waals surface area contributed by atoms with Gasteiger partial charge in [0, 0.05) is 18.7 Å². The van der Waals surface area contributed by atoms with Crippen molar-refractivity contribution < 1.29 is 19.4 Å². The minimum atomic E-state index is -0.380. The molecular formula is C21H25N3O4S. The maximum atomic E-state index is 12.5. The van der Waals surface area contributed by atoms with Gasteiger partial charge in [-0.15, -0.1) is 0 Å². The van der Waals surface area contributed by atoms with E-state index in [4.69, 9.17) is 22.1 Å². The molecule has 0 unspecified atom stereocenters. The standard InChI is InChI=1S/C21H25N3O4S/c1-2-13-28-16-8-5-7-15(14-16)19(26)24-21(29)23-18-10-4-3-9-17(18)20(27)22-11-6-12-25/h3-5,7-10,14,25H,2,6,11-13H2,1H3,(H,22,27)(H2,23,24,26,29). The first kappa shape index (κ1) is 22.3. The van der Waals surface area contributed by atoms with Gasteiger partial charge in [-0.3, -0.25) is 14.9 Å². The molecule has 4 N–H and O–H groups in total. The number of rotatable bonds is 9. The first-order valence-corrected chi connectivity index (χ1v) is 9.79. The van der Waals surface area contributed by atoms with Crippen LogP contribution in [-0.4, -0.2) is 41.8 Å². The second kappa shape index (κ2) is 11.8. The van der Waals surface area contributed by atoms with Crippen LogP contribution in [0.5, 0.6) is 5.75 Å². The van der Waals surface area contributed by atoms with E-state index in [2.05, 4.69) is 16.0 Å². The molecule has 2 aromatic rings. The summed E-state index contributed by atoms with van der Waals surface area (Å²) in [7, 11) is 0. The Labute approximate surface area is 175 Å². The van der Waals surface area contributed by atoms with Crippen LogP contribution < -0.4 is 20.7 Å². The lowest BCUT2D eigenvalue weighted by Crippen LogP contribution is -2.35. The van der Waals surface area contributed by atoms with E-state index in [0.29, 0.717) is 42.1 Å². The number of carbonyl (C=O) groups is 2. The molecule has 0 fully saturated rings. The van der Waals surface area contributed by atoms with E-state index in [-0.39, 0.29) is 23.5 Å². The Hall–Kier alpha value is -2.97. The number of carbonyl (C=O) groups excluding carboxylic acids is 2. The van der Waals surface area contributed by atoms with Crippen molar-refractivity contribution in [3.05, 3.63) is 59.7 Å². The minimum Gasteiger partial charge on any atom is -0.494 e. The van der Waals surface area contributed by atoms with Crippen molar-refractivity contribution in [1.82, 2.24) is 10.6 Å². The van der Waals surface area contributed by atoms with Gasteiger partial charge in [0.25, 0.3) is 11.8 Å². The quantitative estimate of drug-likeness (QED) is 0.371. The molecule has 0 aliphatic heterocycles. The number of aliphatic hydroxyl groups excluding tert-OH is 1. The number of aliphatic hydroxyl groups is 1. The fourth-order valence-corrected chi connectivity index (χ4v) is 2.64. The molecule has 0 saturated heterocycles. The predicted octanol–water partition coefficient (Wildman–Crippen LogP) is 2.71. The van der Waals surface area contributed by atoms with Gasteiger partial charge in [-0.05, 0) is 55.4 Å². The molecule has 0 radical (unpaired) electrons. The highest BCUT2D eigenvalue weighted by atomic mass is 32.1. The molecule has 2 aromatic carbocycles. The van der Waals surface area contributed by atoms with Gasteiger partial charge in [-0.1, -0.05) is 25.1 Å². The number of benzene rings is 2. The third-order valence-electron chi connectivity index (χ3n) is 3.84. The monoisotopic (exact) mass is 415 g/mol. The summed E-state index contributed by atoms with van der Waals surface area (Å²) in [6.45, 7) is 2.94. The summed E-state index contributed by atoms with van der Waals surface area (Å²) in [4.78, 5) is 24.8. The number of ether oxygens (including phenoxy) is 1. The van der Waals surface area contributed by atoms with Gasteiger partial charge in [0.05, 0.1) is 17.9 Å². The Kier molecular flexibility index (Phi) is 9.07. The largest absolute Gasteiger partial charge is 0.494 e. The lowest BCUT2D eigenvalue weighted by molar-refractivity contribution is 0.0950. The Morgan fingerprint density at radius 2 is 1.90 bits per heavy atom. The van der Waals surface area contributed by atoms with Crippen LogP contribution in [0.1, 0.15) is 40.5 Å². The topological polar surface area (TPSA) is 99.7 Å². The maximum absolute atomic E-state index is 12.5. The smallest absolute Gasteiger partial charge is 0.257 e. The van der Waals surface area contributed by atoms with E-state index >= 15 is 0 Å². The number of anilines is 1. The first-order chi connectivity index (χ1) is 14.0. The molecule has 7 nitrogen and oxygen atoms in total. The Morgan fingerprint density at radius 3 is 2.66 bits per heavy atom. The average molecular weight is 416 g/mol. The van der Waals surface area contributed by atoms with Crippen LogP contribution in [0.3, 0.4) is 0 Å². The van der Waals surface area contributed by atoms with E-state index in [1.165, 1.54) is 0 Å². The highest BCUT2D eigenvalue weighted by Gasteiger charge is 2.13. The van der Waals surface area contributed by atoms with Crippen molar-refractivity contribution in [2.75, 3.05) is 25.1 Å². The summed E-state index contributed by atoms with van der Waals surface area (Å²) in [5, 5.41) is 17.1. The summed E-state index contributed by atoms with van der Waals surface area (Å²) in [5.41, 5.74) is 1.27. The fraction of sp³-hybridized carbons (Fsp3) is 0.286. The normalized spacial score (nSPS) is 10.1. The van der Waals surface area contributed by atoms with E-state index in [9.17, 15) is 9.59 Å². The third-order valence-corrected chi connectivity index (χ3v) is 4.04. The van der Waals surface area contributed by atoms with Crippen LogP contribution >= 0.6 is 12.2 Å². The molecule has 154 valence electrons. The number of hydrogen-bond donors (Lipinski definition) is 4. The van der Waals surface area contributed by atoms with Gasteiger partial charge in [-0.25, -0.2) is 0 Å². The van der Waals surface area contributed by atoms with Crippen molar-refractivity contribution in [3.63, 3.8) is 0 Å². The number of nitrogens with one attached hydrogen (secondary N) is 3. The molecule has 0 aliphatic carbocycles. The maximum Gasteiger partial charge on any atom is 0.257 e. The number of para-hydroxylation sites is 1. The summed E-state index contributed by atoms with van der Waals surface area (Å²) in [6.07, 6.45) is 1.34. The van der Waals surface area contributed by atoms with E-state index in [1.807, 2.05) is 6.92 Å². The van der Waals surface area contributed by atoms with E-state index in [1.54, 1.807) is 48.5 Å². The zero-order valence-electron chi connectivity index (χ0n) is 16.2. The van der Waals surface area contributed by atoms with Gasteiger partial charge in [0.2, 0.25) is 0 Å². The van der Waals surface area contributed by atoms with Gasteiger partial charge in [0.15, 0.2) is 5.11 Å². The van der Waals surface area contributed by atoms with Crippen molar-refractivity contribution >= 4 is 34.8 Å². The minimum absolute atomic E-state index is 0.000971. The molecule has 0 saturated carbocycles. The number of hydrogen-bond acceptors (Lipinski definition) is 5. The van der Waals surface area contributed by atoms with Crippen molar-refractivity contribution in [2.24, 2.45) is 0 Å². The van der Waals surface area contributed by atoms with Crippen LogP contribution in [0.15, 0.2) is 48.5 Å². The van der Waals surface area contributed by atoms with Crippen LogP contribution in [-0.2, 0) is 0 Å². The van der Waals surface area contributed by atoms with Gasteiger partial charge in [0.1, 0.15) is 5.75 Å². The van der Waals surface area contributed by atoms with Crippen LogP contribution in [0, 0.1) is 0 Å². The third kappa shape index (κ3) is 7.17. The average Bonchev–Trinajstić information content (AvgIpc) is 2.72. The van der Waals surface area contributed by atoms with Gasteiger partial charge in [-0.2, -0.15) is 0 Å². The summed E-state index contributed by atoms with van der Waals surface area (Å²) in [5.74, 6) is -0.0611. The second-order valence-electron chi connectivity index (χ2n) is 6.16. The highest BCUT2D eigenvalue weighted by Crippen LogP contribution is 2.16. The molecule has 0 atom stereocenters. The Bertz CT molecular complexity index is 857. The summed E-state index contributed by atoms with van der Waals surface area (Å²) < 4.78 is 5.54. The zero-order valence-corrected chi connectivity index (χ0v) is 17.1. The predicted molar refractivity (Wildman–Crippen MR) is 116 cm³/mol. The van der Waals surface area contributed by atoms with Gasteiger partial charge < -0.3 is 20.5 Å². The van der Waals surface area contributed by atoms with Crippen molar-refractivity contribution in [2.45, 2.75) is 19.8 Å². The molecule has 0 heterocycles. The van der Waals surface area contributed by atoms with Crippen molar-refractivity contribution in [1.29, 1.82) is 0 Å². The lowest BCUT2D eigenvalue weighted by Gasteiger charge is -2.14. The Morgan fingerprint density at radius 1 is 1.10 bits per heavy atom. The number of amides is 2. The first-order valence-electron chi connectivity index (χ1n) is 9.38. The molecule has 2 rings (SSSR count). The fourth-order valence-electron chi connectivity index (χ4n) is 2.44. The molecule has 0 aromatic heterocycles. The SMILES string of the molecule is CCCOc1cccc(C(=O)NC(=S)Nc2ccccc2C(=O)NCCCO)c1. The Balaban J connectivity index is 2.00. The van der Waals surface area contributed by atoms with E-state index in [0.717, 1.165) is 6.42 Å². The number of thiocarbonyl (C=S) groups is 1. The molecule has 0 spiro atoms. The van der Waals surface area contributed by atoms with E-state index < -0.39 is 0 Å². The molecular weight excluding hydrogens is 390 g/mol. The van der Waals surface area contributed by atoms with Crippen molar-refractivity contribution in [3.8, 4) is 5.75 Å². The molecule has 29 heavy (non-hydrogen) atoms. The van der Waals surface area contributed by atoms with Gasteiger partial charge >= 0.3 is 0 Å². The highest BCUT2D eigenvalue weighted by molar-refractivity contribution is 7.80. The molecule has 0 bridgehead atoms. The molecule has 2 amide bonds. The summed E-state index contributed by atoms with van der Waals surface area (Å²) >= 11 is 5.23. The second-order valence-corrected chi connectivity index (χ2v) is 6.57. The summed E-state index contributed by atoms with van der Waals surface area (Å²) in [6, 6.07) is 13.7. The van der Waals surface area contributed by atoms with Crippen LogP contribution in [0.4, 0.5) is 5.69 Å².